The fourth-order valence-electron chi connectivity index (χ4n) is 2.53. The molecule has 1 saturated carbocycles. The predicted molar refractivity (Wildman–Crippen MR) is 52.6 cm³/mol. The van der Waals surface area contributed by atoms with Crippen LogP contribution in [-0.2, 0) is 4.79 Å². The van der Waals surface area contributed by atoms with Crippen molar-refractivity contribution in [3.05, 3.63) is 0 Å². The Bertz CT molecular complexity index is 202. The van der Waals surface area contributed by atoms with Crippen molar-refractivity contribution in [1.82, 2.24) is 5.32 Å². The second kappa shape index (κ2) is 3.41. The highest BCUT2D eigenvalue weighted by atomic mass is 16.1. The largest absolute Gasteiger partial charge is 0.316 e. The second-order valence-corrected chi connectivity index (χ2v) is 4.55. The van der Waals surface area contributed by atoms with Gasteiger partial charge in [-0.1, -0.05) is 13.3 Å². The van der Waals surface area contributed by atoms with Gasteiger partial charge in [0.05, 0.1) is 0 Å². The van der Waals surface area contributed by atoms with Gasteiger partial charge in [0, 0.05) is 17.9 Å². The molecule has 74 valence electrons. The molecule has 2 nitrogen and oxygen atoms in total. The van der Waals surface area contributed by atoms with E-state index >= 15 is 0 Å². The van der Waals surface area contributed by atoms with Crippen molar-refractivity contribution >= 4 is 5.78 Å². The molecule has 0 spiro atoms. The number of carbonyl (C=O) groups excluding carboxylic acids is 1. The Balaban J connectivity index is 2.05. The van der Waals surface area contributed by atoms with Crippen LogP contribution in [0.1, 0.15) is 39.0 Å². The number of hydrogen-bond acceptors (Lipinski definition) is 2. The molecule has 0 aromatic heterocycles. The maximum atomic E-state index is 12.1. The molecule has 1 aliphatic carbocycles. The van der Waals surface area contributed by atoms with E-state index < -0.39 is 0 Å². The summed E-state index contributed by atoms with van der Waals surface area (Å²) in [5.41, 5.74) is 0.0189. The molecule has 2 rings (SSSR count). The lowest BCUT2D eigenvalue weighted by Crippen LogP contribution is -2.39. The van der Waals surface area contributed by atoms with Crippen LogP contribution in [0, 0.1) is 11.3 Å². The first-order valence-electron chi connectivity index (χ1n) is 5.53. The highest BCUT2D eigenvalue weighted by Gasteiger charge is 2.43. The molecule has 0 aromatic rings. The summed E-state index contributed by atoms with van der Waals surface area (Å²) in [6, 6.07) is 0. The van der Waals surface area contributed by atoms with Gasteiger partial charge in [-0.2, -0.15) is 0 Å². The van der Waals surface area contributed by atoms with Gasteiger partial charge in [0.25, 0.3) is 0 Å². The lowest BCUT2D eigenvalue weighted by atomic mass is 9.69. The molecule has 1 atom stereocenters. The minimum atomic E-state index is 0.0189. The molecule has 13 heavy (non-hydrogen) atoms. The zero-order chi connectivity index (χ0) is 9.31. The Morgan fingerprint density at radius 2 is 2.31 bits per heavy atom. The Morgan fingerprint density at radius 1 is 1.54 bits per heavy atom. The van der Waals surface area contributed by atoms with Crippen LogP contribution in [0.3, 0.4) is 0 Å². The summed E-state index contributed by atoms with van der Waals surface area (Å²) in [5.74, 6) is 0.978. The molecule has 1 aliphatic heterocycles. The third-order valence-corrected chi connectivity index (χ3v) is 3.92. The number of rotatable bonds is 3. The number of carbonyl (C=O) groups is 1. The molecule has 2 fully saturated rings. The molecule has 1 heterocycles. The van der Waals surface area contributed by atoms with Crippen LogP contribution in [0.4, 0.5) is 0 Å². The van der Waals surface area contributed by atoms with Gasteiger partial charge in [0.15, 0.2) is 0 Å². The van der Waals surface area contributed by atoms with E-state index in [4.69, 9.17) is 0 Å². The van der Waals surface area contributed by atoms with Crippen LogP contribution in [0.15, 0.2) is 0 Å². The summed E-state index contributed by atoms with van der Waals surface area (Å²) in [4.78, 5) is 12.1. The van der Waals surface area contributed by atoms with E-state index in [9.17, 15) is 4.79 Å². The van der Waals surface area contributed by atoms with Gasteiger partial charge < -0.3 is 5.32 Å². The molecular formula is C11H19NO. The van der Waals surface area contributed by atoms with Crippen molar-refractivity contribution in [3.8, 4) is 0 Å². The summed E-state index contributed by atoms with van der Waals surface area (Å²) in [6.45, 7) is 4.12. The van der Waals surface area contributed by atoms with Crippen molar-refractivity contribution < 1.29 is 4.79 Å². The van der Waals surface area contributed by atoms with Crippen LogP contribution in [0.5, 0.6) is 0 Å². The smallest absolute Gasteiger partial charge is 0.143 e. The van der Waals surface area contributed by atoms with Gasteiger partial charge in [-0.25, -0.2) is 0 Å². The zero-order valence-corrected chi connectivity index (χ0v) is 8.44. The number of ketones is 1. The topological polar surface area (TPSA) is 29.1 Å². The average molecular weight is 181 g/mol. The summed E-state index contributed by atoms with van der Waals surface area (Å²) in [7, 11) is 0. The Labute approximate surface area is 80.1 Å². The van der Waals surface area contributed by atoms with Gasteiger partial charge in [0.1, 0.15) is 5.78 Å². The minimum absolute atomic E-state index is 0.0189. The second-order valence-electron chi connectivity index (χ2n) is 4.55. The monoisotopic (exact) mass is 181 g/mol. The first-order chi connectivity index (χ1) is 6.28. The van der Waals surface area contributed by atoms with Crippen molar-refractivity contribution in [2.75, 3.05) is 13.1 Å². The van der Waals surface area contributed by atoms with Crippen LogP contribution < -0.4 is 5.32 Å². The minimum Gasteiger partial charge on any atom is -0.316 e. The normalized spacial score (nSPS) is 34.5. The molecule has 2 heteroatoms. The summed E-state index contributed by atoms with van der Waals surface area (Å²) < 4.78 is 0. The zero-order valence-electron chi connectivity index (χ0n) is 8.44. The molecule has 1 saturated heterocycles. The van der Waals surface area contributed by atoms with Gasteiger partial charge in [-0.15, -0.1) is 0 Å². The summed E-state index contributed by atoms with van der Waals surface area (Å²) in [6.07, 6.45) is 5.67. The summed E-state index contributed by atoms with van der Waals surface area (Å²) >= 11 is 0. The van der Waals surface area contributed by atoms with E-state index in [2.05, 4.69) is 12.2 Å². The van der Waals surface area contributed by atoms with Crippen molar-refractivity contribution in [1.29, 1.82) is 0 Å². The van der Waals surface area contributed by atoms with Gasteiger partial charge in [-0.3, -0.25) is 4.79 Å². The van der Waals surface area contributed by atoms with Crippen LogP contribution >= 0.6 is 0 Å². The van der Waals surface area contributed by atoms with Crippen molar-refractivity contribution in [3.63, 3.8) is 0 Å². The van der Waals surface area contributed by atoms with E-state index in [1.54, 1.807) is 0 Å². The molecule has 0 radical (unpaired) electrons. The quantitative estimate of drug-likeness (QED) is 0.718. The Hall–Kier alpha value is -0.370. The first kappa shape index (κ1) is 9.20. The van der Waals surface area contributed by atoms with E-state index in [1.165, 1.54) is 6.42 Å². The van der Waals surface area contributed by atoms with E-state index in [0.29, 0.717) is 11.7 Å². The number of Topliss-reactive ketones (excluding diaryl/α,β-unsaturated/α-hetero) is 1. The lowest BCUT2D eigenvalue weighted by molar-refractivity contribution is -0.134. The van der Waals surface area contributed by atoms with Gasteiger partial charge in [0.2, 0.25) is 0 Å². The maximum absolute atomic E-state index is 12.1. The molecule has 0 bridgehead atoms. The Morgan fingerprint density at radius 3 is 2.69 bits per heavy atom. The maximum Gasteiger partial charge on any atom is 0.143 e. The van der Waals surface area contributed by atoms with Crippen LogP contribution in [0.25, 0.3) is 0 Å². The lowest BCUT2D eigenvalue weighted by Gasteiger charge is -2.34. The highest BCUT2D eigenvalue weighted by Crippen LogP contribution is 2.39. The summed E-state index contributed by atoms with van der Waals surface area (Å²) in [5, 5.41) is 3.33. The molecule has 0 amide bonds. The standard InChI is InChI=1S/C11H19NO/c1-2-11(6-7-12-8-11)10(13)9-4-3-5-9/h9,12H,2-8H2,1H3. The predicted octanol–water partition coefficient (Wildman–Crippen LogP) is 1.75. The Kier molecular flexibility index (Phi) is 2.41. The fraction of sp³-hybridized carbons (Fsp3) is 0.909. The third-order valence-electron chi connectivity index (χ3n) is 3.92. The number of hydrogen-bond donors (Lipinski definition) is 1. The number of nitrogens with one attached hydrogen (secondary N) is 1. The van der Waals surface area contributed by atoms with Crippen molar-refractivity contribution in [2.24, 2.45) is 11.3 Å². The first-order valence-corrected chi connectivity index (χ1v) is 5.53. The average Bonchev–Trinajstić information content (AvgIpc) is 2.49. The van der Waals surface area contributed by atoms with E-state index in [1.807, 2.05) is 0 Å². The van der Waals surface area contributed by atoms with Gasteiger partial charge >= 0.3 is 0 Å². The molecule has 1 N–H and O–H groups in total. The van der Waals surface area contributed by atoms with E-state index in [0.717, 1.165) is 38.8 Å². The van der Waals surface area contributed by atoms with E-state index in [-0.39, 0.29) is 5.41 Å². The van der Waals surface area contributed by atoms with Gasteiger partial charge in [-0.05, 0) is 32.2 Å². The molecule has 1 unspecified atom stereocenters. The highest BCUT2D eigenvalue weighted by molar-refractivity contribution is 5.88. The van der Waals surface area contributed by atoms with Crippen LogP contribution in [-0.4, -0.2) is 18.9 Å². The molecule has 0 aromatic carbocycles. The fourth-order valence-corrected chi connectivity index (χ4v) is 2.53. The SMILES string of the molecule is CCC1(C(=O)C2CCC2)CCNC1. The molecule has 2 aliphatic rings. The van der Waals surface area contributed by atoms with Crippen LogP contribution in [0.2, 0.25) is 0 Å². The third kappa shape index (κ3) is 1.41. The van der Waals surface area contributed by atoms with Crippen molar-refractivity contribution in [2.45, 2.75) is 39.0 Å². The molecular weight excluding hydrogens is 162 g/mol.